The lowest BCUT2D eigenvalue weighted by Crippen LogP contribution is -2.43. The van der Waals surface area contributed by atoms with Gasteiger partial charge in [-0.2, -0.15) is 10.2 Å². The molecule has 18 heteroatoms. The number of hydrogen-bond acceptors (Lipinski definition) is 14. The largest absolute Gasteiger partial charge is 0.497 e. The average molecular weight is 914 g/mol. The van der Waals surface area contributed by atoms with Crippen molar-refractivity contribution in [2.45, 2.75) is 90.2 Å². The van der Waals surface area contributed by atoms with Gasteiger partial charge in [0.1, 0.15) is 35.4 Å². The van der Waals surface area contributed by atoms with Crippen molar-refractivity contribution < 1.29 is 42.3 Å². The highest BCUT2D eigenvalue weighted by Gasteiger charge is 2.52. The number of aromatic amines is 1. The number of nitrogens with zero attached hydrogens (tertiary/aromatic N) is 5. The van der Waals surface area contributed by atoms with Gasteiger partial charge < -0.3 is 37.5 Å². The standard InChI is InChI=1S/C47H60N7O10P/c1-30(2)43(55)51-46-50-42-39(44(56)52-46)49-29-53(42)45-41(60-27-26-57-7)40(64-65(62-25-13-24-48)54(31(3)4)32(5)6)38(63-45)28-61-47(33-14-11-10-12-15-33,34-16-20-36(58-8)21-17-34)35-18-22-37(59-9)23-19-35/h10-12,14-23,29-32,38,40-41,45H,13,25-28H2,1-9H3,(H2,50,51,52,55,56)/t38-,40?,41+,45-,65?/m1/s1. The minimum atomic E-state index is -1.85. The number of carbonyl (C=O) groups excluding carboxylic acids is 1. The second-order valence-corrected chi connectivity index (χ2v) is 17.6. The second-order valence-electron chi connectivity index (χ2n) is 16.2. The van der Waals surface area contributed by atoms with Crippen LogP contribution in [0.25, 0.3) is 11.2 Å². The van der Waals surface area contributed by atoms with Gasteiger partial charge in [0.05, 0.1) is 59.5 Å². The van der Waals surface area contributed by atoms with Crippen LogP contribution in [0, 0.1) is 17.2 Å². The third kappa shape index (κ3) is 11.2. The van der Waals surface area contributed by atoms with E-state index in [1.54, 1.807) is 39.7 Å². The van der Waals surface area contributed by atoms with Crippen molar-refractivity contribution in [3.8, 4) is 17.6 Å². The van der Waals surface area contributed by atoms with Gasteiger partial charge in [-0.25, -0.2) is 9.65 Å². The van der Waals surface area contributed by atoms with Crippen LogP contribution in [0.4, 0.5) is 5.95 Å². The number of nitrogens with one attached hydrogen (secondary N) is 2. The molecule has 1 fully saturated rings. The fourth-order valence-corrected chi connectivity index (χ4v) is 9.52. The Morgan fingerprint density at radius 2 is 1.51 bits per heavy atom. The molecule has 0 saturated carbocycles. The van der Waals surface area contributed by atoms with Crippen LogP contribution in [0.15, 0.2) is 90.0 Å². The number of amides is 1. The average Bonchev–Trinajstić information content (AvgIpc) is 3.88. The smallest absolute Gasteiger partial charge is 0.280 e. The number of carbonyl (C=O) groups is 1. The number of H-pyrrole nitrogens is 1. The molecule has 2 aromatic heterocycles. The van der Waals surface area contributed by atoms with Gasteiger partial charge in [0.2, 0.25) is 11.9 Å². The zero-order valence-corrected chi connectivity index (χ0v) is 39.3. The van der Waals surface area contributed by atoms with Crippen molar-refractivity contribution in [1.29, 1.82) is 5.26 Å². The van der Waals surface area contributed by atoms with Gasteiger partial charge in [0.25, 0.3) is 14.1 Å². The molecular weight excluding hydrogens is 854 g/mol. The maximum Gasteiger partial charge on any atom is 0.280 e. The molecule has 0 aliphatic carbocycles. The first-order valence-corrected chi connectivity index (χ1v) is 22.8. The molecule has 1 saturated heterocycles. The van der Waals surface area contributed by atoms with E-state index in [9.17, 15) is 14.9 Å². The van der Waals surface area contributed by atoms with Crippen molar-refractivity contribution in [3.63, 3.8) is 0 Å². The molecule has 2 unspecified atom stereocenters. The molecule has 6 rings (SSSR count). The minimum Gasteiger partial charge on any atom is -0.497 e. The Bertz CT molecular complexity index is 2330. The third-order valence-electron chi connectivity index (χ3n) is 10.9. The molecule has 0 spiro atoms. The van der Waals surface area contributed by atoms with Crippen LogP contribution in [0.2, 0.25) is 0 Å². The molecule has 348 valence electrons. The van der Waals surface area contributed by atoms with E-state index in [4.69, 9.17) is 37.5 Å². The van der Waals surface area contributed by atoms with Crippen molar-refractivity contribution in [1.82, 2.24) is 24.2 Å². The van der Waals surface area contributed by atoms with Gasteiger partial charge in [-0.05, 0) is 68.7 Å². The van der Waals surface area contributed by atoms with E-state index >= 15 is 0 Å². The number of hydrogen-bond donors (Lipinski definition) is 2. The van der Waals surface area contributed by atoms with E-state index in [2.05, 4.69) is 58.7 Å². The molecular formula is C47H60N7O10P. The van der Waals surface area contributed by atoms with E-state index in [0.717, 1.165) is 16.7 Å². The first kappa shape index (κ1) is 49.2. The summed E-state index contributed by atoms with van der Waals surface area (Å²) >= 11 is 0. The molecule has 0 radical (unpaired) electrons. The fourth-order valence-electron chi connectivity index (χ4n) is 7.75. The normalized spacial score (nSPS) is 18.2. The van der Waals surface area contributed by atoms with Crippen LogP contribution in [0.3, 0.4) is 0 Å². The van der Waals surface area contributed by atoms with Gasteiger partial charge >= 0.3 is 0 Å². The zero-order valence-electron chi connectivity index (χ0n) is 38.4. The summed E-state index contributed by atoms with van der Waals surface area (Å²) in [4.78, 5) is 38.0. The van der Waals surface area contributed by atoms with Crippen LogP contribution < -0.4 is 20.3 Å². The van der Waals surface area contributed by atoms with Gasteiger partial charge in [-0.15, -0.1) is 0 Å². The Kier molecular flexibility index (Phi) is 17.2. The molecule has 2 N–H and O–H groups in total. The molecule has 3 heterocycles. The maximum atomic E-state index is 13.5. The first-order chi connectivity index (χ1) is 31.4. The van der Waals surface area contributed by atoms with Crippen LogP contribution in [0.5, 0.6) is 11.5 Å². The summed E-state index contributed by atoms with van der Waals surface area (Å²) in [6.45, 7) is 12.1. The number of methoxy groups -OCH3 is 3. The number of aromatic nitrogens is 4. The number of rotatable bonds is 23. The van der Waals surface area contributed by atoms with Crippen LogP contribution in [-0.4, -0.2) is 108 Å². The van der Waals surface area contributed by atoms with Crippen molar-refractivity contribution >= 4 is 31.5 Å². The summed E-state index contributed by atoms with van der Waals surface area (Å²) in [6, 6.07) is 27.5. The number of nitriles is 1. The number of benzene rings is 3. The SMILES string of the molecule is COCCO[C@H]1C(OP(OCCC#N)N(C(C)C)C(C)C)[C@@H](COC(c2ccccc2)(c2ccc(OC)cc2)c2ccc(OC)cc2)O[C@H]1n1cnc2c(=O)[nH]c(NC(=O)C(C)C)nc21. The van der Waals surface area contributed by atoms with E-state index < -0.39 is 44.2 Å². The Balaban J connectivity index is 1.53. The first-order valence-electron chi connectivity index (χ1n) is 21.6. The summed E-state index contributed by atoms with van der Waals surface area (Å²) in [7, 11) is 2.97. The lowest BCUT2D eigenvalue weighted by Gasteiger charge is -2.39. The van der Waals surface area contributed by atoms with Crippen molar-refractivity contribution in [2.75, 3.05) is 53.1 Å². The fraction of sp³-hybridized carbons (Fsp3) is 0.468. The molecule has 17 nitrogen and oxygen atoms in total. The van der Waals surface area contributed by atoms with E-state index in [1.807, 2.05) is 78.9 Å². The number of fused-ring (bicyclic) bond motifs is 1. The van der Waals surface area contributed by atoms with Gasteiger partial charge in [0.15, 0.2) is 17.4 Å². The summed E-state index contributed by atoms with van der Waals surface area (Å²) in [5.74, 6) is 0.594. The number of imidazole rings is 1. The Hall–Kier alpha value is -5.28. The van der Waals surface area contributed by atoms with E-state index in [0.29, 0.717) is 11.5 Å². The molecule has 1 amide bonds. The van der Waals surface area contributed by atoms with E-state index in [1.165, 1.54) is 6.33 Å². The summed E-state index contributed by atoms with van der Waals surface area (Å²) in [5, 5.41) is 12.2. The minimum absolute atomic E-state index is 0.0206. The van der Waals surface area contributed by atoms with Crippen LogP contribution >= 0.6 is 8.53 Å². The highest BCUT2D eigenvalue weighted by Crippen LogP contribution is 2.51. The molecule has 3 aromatic carbocycles. The highest BCUT2D eigenvalue weighted by molar-refractivity contribution is 7.44. The summed E-state index contributed by atoms with van der Waals surface area (Å²) in [5.41, 5.74) is 0.841. The highest BCUT2D eigenvalue weighted by atomic mass is 31.2. The molecule has 1 aliphatic rings. The van der Waals surface area contributed by atoms with E-state index in [-0.39, 0.29) is 73.9 Å². The van der Waals surface area contributed by atoms with Gasteiger partial charge in [-0.3, -0.25) is 24.5 Å². The Labute approximate surface area is 381 Å². The summed E-state index contributed by atoms with van der Waals surface area (Å²) < 4.78 is 55.2. The van der Waals surface area contributed by atoms with Crippen LogP contribution in [0.1, 0.15) is 70.9 Å². The molecule has 1 aliphatic heterocycles. The predicted molar refractivity (Wildman–Crippen MR) is 245 cm³/mol. The Morgan fingerprint density at radius 1 is 0.892 bits per heavy atom. The monoisotopic (exact) mass is 913 g/mol. The quantitative estimate of drug-likeness (QED) is 0.0376. The third-order valence-corrected chi connectivity index (χ3v) is 13.0. The zero-order chi connectivity index (χ0) is 46.7. The lowest BCUT2D eigenvalue weighted by atomic mass is 9.80. The molecule has 5 aromatic rings. The van der Waals surface area contributed by atoms with Gasteiger partial charge in [0, 0.05) is 25.1 Å². The lowest BCUT2D eigenvalue weighted by molar-refractivity contribution is -0.118. The molecule has 0 bridgehead atoms. The number of ether oxygens (including phenoxy) is 6. The topological polar surface area (TPSA) is 194 Å². The number of anilines is 1. The van der Waals surface area contributed by atoms with Crippen molar-refractivity contribution in [2.24, 2.45) is 5.92 Å². The van der Waals surface area contributed by atoms with Gasteiger partial charge in [-0.1, -0.05) is 68.4 Å². The van der Waals surface area contributed by atoms with Crippen molar-refractivity contribution in [3.05, 3.63) is 112 Å². The second kappa shape index (κ2) is 22.8. The van der Waals surface area contributed by atoms with Crippen LogP contribution in [-0.2, 0) is 38.4 Å². The Morgan fingerprint density at radius 3 is 2.06 bits per heavy atom. The molecule has 65 heavy (non-hydrogen) atoms. The molecule has 5 atom stereocenters. The summed E-state index contributed by atoms with van der Waals surface area (Å²) in [6.07, 6.45) is -2.07. The predicted octanol–water partition coefficient (Wildman–Crippen LogP) is 7.33. The maximum absolute atomic E-state index is 13.5.